The number of hydrogen-bond acceptors (Lipinski definition) is 8. The summed E-state index contributed by atoms with van der Waals surface area (Å²) in [6, 6.07) is 11.9. The van der Waals surface area contributed by atoms with Crippen LogP contribution in [0, 0.1) is 0 Å². The first kappa shape index (κ1) is 19.8. The van der Waals surface area contributed by atoms with Gasteiger partial charge in [0.1, 0.15) is 11.3 Å². The molecule has 0 fully saturated rings. The lowest BCUT2D eigenvalue weighted by molar-refractivity contribution is -0.118. The van der Waals surface area contributed by atoms with Crippen LogP contribution in [0.5, 0.6) is 11.5 Å². The number of methoxy groups -OCH3 is 1. The molecule has 0 unspecified atom stereocenters. The van der Waals surface area contributed by atoms with Crippen LogP contribution < -0.4 is 25.7 Å². The zero-order chi connectivity index (χ0) is 22.2. The van der Waals surface area contributed by atoms with Crippen LogP contribution in [0.1, 0.15) is 10.4 Å². The van der Waals surface area contributed by atoms with E-state index in [9.17, 15) is 14.4 Å². The third-order valence-electron chi connectivity index (χ3n) is 4.82. The Labute approximate surface area is 184 Å². The minimum atomic E-state index is -0.776. The van der Waals surface area contributed by atoms with E-state index in [1.165, 1.54) is 24.5 Å². The van der Waals surface area contributed by atoms with Crippen molar-refractivity contribution < 1.29 is 23.5 Å². The number of aromatic nitrogens is 1. The predicted molar refractivity (Wildman–Crippen MR) is 119 cm³/mol. The predicted octanol–water partition coefficient (Wildman–Crippen LogP) is 3.51. The summed E-state index contributed by atoms with van der Waals surface area (Å²) in [5, 5.41) is 8.02. The van der Waals surface area contributed by atoms with Crippen molar-refractivity contribution in [3.05, 3.63) is 63.8 Å². The minimum absolute atomic E-state index is 0.0191. The maximum atomic E-state index is 12.7. The SMILES string of the molecule is COc1cccc2cc(C(=O)Nc3nc(-c4ccc5c(c4)NC(=O)CO5)cs3)c(=O)oc12. The van der Waals surface area contributed by atoms with Gasteiger partial charge in [0.2, 0.25) is 0 Å². The van der Waals surface area contributed by atoms with Gasteiger partial charge in [0.05, 0.1) is 18.5 Å². The molecule has 0 saturated carbocycles. The number of nitrogens with one attached hydrogen (secondary N) is 2. The van der Waals surface area contributed by atoms with Crippen molar-refractivity contribution in [1.29, 1.82) is 0 Å². The summed E-state index contributed by atoms with van der Waals surface area (Å²) in [5.41, 5.74) is 1.25. The van der Waals surface area contributed by atoms with E-state index >= 15 is 0 Å². The summed E-state index contributed by atoms with van der Waals surface area (Å²) in [5.74, 6) is 0.128. The molecule has 2 N–H and O–H groups in total. The monoisotopic (exact) mass is 449 g/mol. The van der Waals surface area contributed by atoms with Crippen LogP contribution >= 0.6 is 11.3 Å². The largest absolute Gasteiger partial charge is 0.493 e. The summed E-state index contributed by atoms with van der Waals surface area (Å²) in [6.07, 6.45) is 0. The summed E-state index contributed by atoms with van der Waals surface area (Å²) in [4.78, 5) is 41.0. The Kier molecular flexibility index (Phi) is 4.83. The molecule has 1 aliphatic heterocycles. The fourth-order valence-electron chi connectivity index (χ4n) is 3.31. The van der Waals surface area contributed by atoms with Crippen molar-refractivity contribution in [2.24, 2.45) is 0 Å². The van der Waals surface area contributed by atoms with Gasteiger partial charge in [-0.25, -0.2) is 9.78 Å². The smallest absolute Gasteiger partial charge is 0.349 e. The van der Waals surface area contributed by atoms with Crippen molar-refractivity contribution in [1.82, 2.24) is 4.98 Å². The molecule has 0 atom stereocenters. The second-order valence-electron chi connectivity index (χ2n) is 6.87. The maximum absolute atomic E-state index is 12.7. The van der Waals surface area contributed by atoms with Gasteiger partial charge in [-0.3, -0.25) is 14.9 Å². The maximum Gasteiger partial charge on any atom is 0.349 e. The van der Waals surface area contributed by atoms with Gasteiger partial charge in [-0.1, -0.05) is 12.1 Å². The number of benzene rings is 2. The minimum Gasteiger partial charge on any atom is -0.493 e. The highest BCUT2D eigenvalue weighted by atomic mass is 32.1. The fraction of sp³-hybridized carbons (Fsp3) is 0.0909. The van der Waals surface area contributed by atoms with E-state index in [0.717, 1.165) is 5.56 Å². The van der Waals surface area contributed by atoms with Crippen molar-refractivity contribution in [3.8, 4) is 22.8 Å². The van der Waals surface area contributed by atoms with Crippen LogP contribution in [0.25, 0.3) is 22.2 Å². The van der Waals surface area contributed by atoms with Gasteiger partial charge < -0.3 is 19.2 Å². The highest BCUT2D eigenvalue weighted by Crippen LogP contribution is 2.34. The third-order valence-corrected chi connectivity index (χ3v) is 5.58. The van der Waals surface area contributed by atoms with Gasteiger partial charge in [0.25, 0.3) is 11.8 Å². The van der Waals surface area contributed by atoms with E-state index < -0.39 is 11.5 Å². The molecule has 2 aromatic heterocycles. The molecule has 160 valence electrons. The number of anilines is 2. The van der Waals surface area contributed by atoms with Crippen LogP contribution in [0.4, 0.5) is 10.8 Å². The van der Waals surface area contributed by atoms with E-state index in [2.05, 4.69) is 15.6 Å². The Morgan fingerprint density at radius 3 is 2.94 bits per heavy atom. The fourth-order valence-corrected chi connectivity index (χ4v) is 4.02. The molecule has 10 heteroatoms. The number of fused-ring (bicyclic) bond motifs is 2. The second kappa shape index (κ2) is 7.82. The van der Waals surface area contributed by atoms with Crippen molar-refractivity contribution in [3.63, 3.8) is 0 Å². The number of amides is 2. The Hall–Kier alpha value is -4.18. The van der Waals surface area contributed by atoms with Crippen LogP contribution in [-0.2, 0) is 4.79 Å². The lowest BCUT2D eigenvalue weighted by Crippen LogP contribution is -2.25. The van der Waals surface area contributed by atoms with Crippen LogP contribution in [-0.4, -0.2) is 30.5 Å². The lowest BCUT2D eigenvalue weighted by atomic mass is 10.1. The van der Waals surface area contributed by atoms with Gasteiger partial charge in [-0.05, 0) is 30.3 Å². The Morgan fingerprint density at radius 1 is 1.22 bits per heavy atom. The molecule has 1 aliphatic rings. The standard InChI is InChI=1S/C22H15N3O6S/c1-29-17-4-2-3-12-7-13(21(28)31-19(12)17)20(27)25-22-24-15(10-32-22)11-5-6-16-14(8-11)23-18(26)9-30-16/h2-8,10H,9H2,1H3,(H,23,26)(H,24,25,27). The summed E-state index contributed by atoms with van der Waals surface area (Å²) < 4.78 is 15.9. The Balaban J connectivity index is 1.40. The Bertz CT molecular complexity index is 1440. The van der Waals surface area contributed by atoms with Crippen molar-refractivity contribution in [2.45, 2.75) is 0 Å². The highest BCUT2D eigenvalue weighted by molar-refractivity contribution is 7.14. The van der Waals surface area contributed by atoms with E-state index in [-0.39, 0.29) is 23.7 Å². The number of rotatable bonds is 4. The number of ether oxygens (including phenoxy) is 2. The molecule has 4 aromatic rings. The normalized spacial score (nSPS) is 12.6. The molecule has 0 bridgehead atoms. The molecule has 0 spiro atoms. The van der Waals surface area contributed by atoms with Gasteiger partial charge in [-0.15, -0.1) is 11.3 Å². The van der Waals surface area contributed by atoms with Crippen molar-refractivity contribution in [2.75, 3.05) is 24.4 Å². The molecule has 0 saturated heterocycles. The molecular weight excluding hydrogens is 434 g/mol. The molecule has 2 aromatic carbocycles. The molecule has 2 amide bonds. The molecule has 32 heavy (non-hydrogen) atoms. The molecule has 0 radical (unpaired) electrons. The first-order valence-corrected chi connectivity index (χ1v) is 10.3. The number of carbonyl (C=O) groups excluding carboxylic acids is 2. The summed E-state index contributed by atoms with van der Waals surface area (Å²) in [6.45, 7) is -0.0191. The van der Waals surface area contributed by atoms with Gasteiger partial charge in [0.15, 0.2) is 23.1 Å². The lowest BCUT2D eigenvalue weighted by Gasteiger charge is -2.18. The number of carbonyl (C=O) groups is 2. The molecular formula is C22H15N3O6S. The summed E-state index contributed by atoms with van der Waals surface area (Å²) >= 11 is 1.21. The second-order valence-corrected chi connectivity index (χ2v) is 7.72. The topological polar surface area (TPSA) is 120 Å². The van der Waals surface area contributed by atoms with E-state index in [1.54, 1.807) is 35.7 Å². The number of thiazole rings is 1. The number of nitrogens with zero attached hydrogens (tertiary/aromatic N) is 1. The first-order chi connectivity index (χ1) is 15.5. The van der Waals surface area contributed by atoms with Crippen LogP contribution in [0.3, 0.4) is 0 Å². The van der Waals surface area contributed by atoms with E-state index in [4.69, 9.17) is 13.9 Å². The average molecular weight is 449 g/mol. The zero-order valence-electron chi connectivity index (χ0n) is 16.6. The van der Waals surface area contributed by atoms with E-state index in [1.807, 2.05) is 6.07 Å². The Morgan fingerprint density at radius 2 is 2.09 bits per heavy atom. The molecule has 5 rings (SSSR count). The quantitative estimate of drug-likeness (QED) is 0.458. The van der Waals surface area contributed by atoms with E-state index in [0.29, 0.717) is 33.4 Å². The summed E-state index contributed by atoms with van der Waals surface area (Å²) in [7, 11) is 1.47. The molecule has 3 heterocycles. The number of para-hydroxylation sites is 1. The van der Waals surface area contributed by atoms with Crippen LogP contribution in [0.2, 0.25) is 0 Å². The van der Waals surface area contributed by atoms with Crippen LogP contribution in [0.15, 0.2) is 57.1 Å². The highest BCUT2D eigenvalue weighted by Gasteiger charge is 2.19. The number of hydrogen-bond donors (Lipinski definition) is 2. The van der Waals surface area contributed by atoms with Gasteiger partial charge >= 0.3 is 5.63 Å². The van der Waals surface area contributed by atoms with Crippen molar-refractivity contribution >= 4 is 44.9 Å². The van der Waals surface area contributed by atoms with Gasteiger partial charge in [0, 0.05) is 16.3 Å². The molecule has 9 nitrogen and oxygen atoms in total. The third kappa shape index (κ3) is 3.56. The van der Waals surface area contributed by atoms with Gasteiger partial charge in [-0.2, -0.15) is 0 Å². The zero-order valence-corrected chi connectivity index (χ0v) is 17.4. The first-order valence-electron chi connectivity index (χ1n) is 9.46. The average Bonchev–Trinajstić information content (AvgIpc) is 3.26. The molecule has 0 aliphatic carbocycles.